The minimum Gasteiger partial charge on any atom is -0.444 e. The normalized spacial score (nSPS) is 26.1. The van der Waals surface area contributed by atoms with Crippen LogP contribution >= 0.6 is 0 Å². The first-order valence-electron chi connectivity index (χ1n) is 16.7. The van der Waals surface area contributed by atoms with Crippen LogP contribution in [0.4, 0.5) is 9.18 Å². The van der Waals surface area contributed by atoms with Crippen molar-refractivity contribution in [3.63, 3.8) is 0 Å². The Hall–Kier alpha value is -3.39. The first-order chi connectivity index (χ1) is 22.0. The summed E-state index contributed by atoms with van der Waals surface area (Å²) in [6, 6.07) is 9.20. The highest BCUT2D eigenvalue weighted by Gasteiger charge is 2.52. The number of ether oxygens (including phenoxy) is 3. The summed E-state index contributed by atoms with van der Waals surface area (Å²) in [5, 5.41) is 9.98. The first kappa shape index (κ1) is 31.2. The van der Waals surface area contributed by atoms with Gasteiger partial charge in [-0.15, -0.1) is 0 Å². The van der Waals surface area contributed by atoms with Crippen molar-refractivity contribution in [1.29, 1.82) is 5.26 Å². The smallest absolute Gasteiger partial charge is 0.411 e. The van der Waals surface area contributed by atoms with Gasteiger partial charge in [-0.25, -0.2) is 9.18 Å². The molecule has 9 nitrogen and oxygen atoms in total. The lowest BCUT2D eigenvalue weighted by Gasteiger charge is -2.45. The molecule has 7 rings (SSSR count). The summed E-state index contributed by atoms with van der Waals surface area (Å²) in [4.78, 5) is 35.3. The molecule has 2 bridgehead atoms. The zero-order chi connectivity index (χ0) is 32.2. The predicted octanol–water partition coefficient (Wildman–Crippen LogP) is 5.54. The number of Topliss-reactive ketones (excluding diaryl/α,β-unsaturated/α-hetero) is 1. The summed E-state index contributed by atoms with van der Waals surface area (Å²) < 4.78 is 33.0. The first-order valence-corrected chi connectivity index (χ1v) is 16.7. The Bertz CT molecular complexity index is 1550. The number of hydrogen-bond acceptors (Lipinski definition) is 8. The molecular formula is C36H43FN4O5. The molecule has 1 aromatic heterocycles. The number of carbonyl (C=O) groups excluding carboxylic acids is 2. The number of rotatable bonds is 7. The molecule has 4 aliphatic heterocycles. The van der Waals surface area contributed by atoms with Gasteiger partial charge in [0, 0.05) is 42.9 Å². The number of fused-ring (bicyclic) bond motifs is 4. The van der Waals surface area contributed by atoms with Gasteiger partial charge in [-0.3, -0.25) is 19.6 Å². The predicted molar refractivity (Wildman–Crippen MR) is 167 cm³/mol. The van der Waals surface area contributed by atoms with Gasteiger partial charge in [-0.05, 0) is 88.5 Å². The van der Waals surface area contributed by atoms with Crippen molar-refractivity contribution < 1.29 is 28.2 Å². The molecular weight excluding hydrogens is 587 g/mol. The number of nitrogens with zero attached hydrogens (tertiary/aromatic N) is 4. The fourth-order valence-corrected chi connectivity index (χ4v) is 8.22. The molecule has 1 aromatic carbocycles. The van der Waals surface area contributed by atoms with Crippen LogP contribution in [0.3, 0.4) is 0 Å². The summed E-state index contributed by atoms with van der Waals surface area (Å²) in [7, 11) is 0. The Kier molecular flexibility index (Phi) is 8.15. The van der Waals surface area contributed by atoms with E-state index >= 15 is 4.39 Å². The Morgan fingerprint density at radius 1 is 1.17 bits per heavy atom. The number of ketones is 1. The third-order valence-electron chi connectivity index (χ3n) is 10.7. The number of hydrogen-bond donors (Lipinski definition) is 0. The van der Waals surface area contributed by atoms with Crippen molar-refractivity contribution in [2.24, 2.45) is 11.8 Å². The molecule has 5 heterocycles. The molecule has 1 saturated carbocycles. The van der Waals surface area contributed by atoms with Gasteiger partial charge in [0.15, 0.2) is 5.78 Å². The van der Waals surface area contributed by atoms with Gasteiger partial charge in [0.1, 0.15) is 11.4 Å². The van der Waals surface area contributed by atoms with Crippen LogP contribution in [0.5, 0.6) is 0 Å². The van der Waals surface area contributed by atoms with Crippen LogP contribution in [0.2, 0.25) is 0 Å². The molecule has 0 N–H and O–H groups in total. The number of pyridine rings is 1. The topological polar surface area (TPSA) is 105 Å². The quantitative estimate of drug-likeness (QED) is 0.393. The molecule has 244 valence electrons. The fraction of sp³-hybridized carbons (Fsp3) is 0.611. The maximum Gasteiger partial charge on any atom is 0.411 e. The molecule has 4 atom stereocenters. The maximum atomic E-state index is 15.6. The SMILES string of the molecule is CC(C)(C)OC(=O)N1[C@@H]2CC[C@@H](C2)[C@H]1C(=O)C[C@H](C#N)Cc1ccc(-c2cc3c(cn2)COC32CCN(C3COC3)CC2)cc1F. The number of nitriles is 1. The van der Waals surface area contributed by atoms with Gasteiger partial charge >= 0.3 is 6.09 Å². The van der Waals surface area contributed by atoms with Crippen LogP contribution < -0.4 is 0 Å². The average molecular weight is 631 g/mol. The van der Waals surface area contributed by atoms with E-state index in [2.05, 4.69) is 22.0 Å². The number of likely N-dealkylation sites (tertiary alicyclic amines) is 2. The van der Waals surface area contributed by atoms with Crippen molar-refractivity contribution in [2.75, 3.05) is 26.3 Å². The minimum atomic E-state index is -0.708. The Labute approximate surface area is 270 Å². The van der Waals surface area contributed by atoms with E-state index < -0.39 is 29.5 Å². The summed E-state index contributed by atoms with van der Waals surface area (Å²) in [5.74, 6) is -1.20. The molecule has 4 fully saturated rings. The van der Waals surface area contributed by atoms with Crippen LogP contribution in [0, 0.1) is 29.0 Å². The summed E-state index contributed by atoms with van der Waals surface area (Å²) in [6.07, 6.45) is 5.77. The molecule has 10 heteroatoms. The number of amides is 1. The van der Waals surface area contributed by atoms with Crippen LogP contribution in [-0.2, 0) is 37.6 Å². The number of aromatic nitrogens is 1. The standard InChI is InChI=1S/C36H43FN4O5/c1-35(2,3)46-34(43)41-27-7-6-25(14-27)33(41)32(42)13-22(17-38)12-23-4-5-24(15-30(23)37)31-16-29-26(18-39-31)19-45-36(29)8-10-40(11-9-36)28-20-44-21-28/h4-5,15-16,18,22,25,27-28,33H,6-14,19-21H2,1-3H3/t22-,25+,27-,33+/m1/s1. The van der Waals surface area contributed by atoms with Crippen LogP contribution in [-0.4, -0.2) is 76.7 Å². The van der Waals surface area contributed by atoms with E-state index in [1.807, 2.05) is 33.0 Å². The monoisotopic (exact) mass is 630 g/mol. The summed E-state index contributed by atoms with van der Waals surface area (Å²) >= 11 is 0. The Balaban J connectivity index is 1.03. The zero-order valence-corrected chi connectivity index (χ0v) is 27.0. The van der Waals surface area contributed by atoms with Crippen molar-refractivity contribution in [2.45, 2.75) is 102 Å². The van der Waals surface area contributed by atoms with Gasteiger partial charge in [-0.2, -0.15) is 5.26 Å². The second kappa shape index (κ2) is 12.0. The van der Waals surface area contributed by atoms with Crippen molar-refractivity contribution in [3.05, 3.63) is 53.0 Å². The molecule has 2 aromatic rings. The van der Waals surface area contributed by atoms with E-state index in [0.717, 1.165) is 69.5 Å². The van der Waals surface area contributed by atoms with E-state index in [1.165, 1.54) is 6.07 Å². The number of benzene rings is 1. The summed E-state index contributed by atoms with van der Waals surface area (Å²) in [6.45, 7) is 9.49. The zero-order valence-electron chi connectivity index (χ0n) is 27.0. The van der Waals surface area contributed by atoms with Gasteiger partial charge in [0.05, 0.1) is 55.2 Å². The fourth-order valence-electron chi connectivity index (χ4n) is 8.22. The van der Waals surface area contributed by atoms with Gasteiger partial charge in [0.2, 0.25) is 0 Å². The highest BCUT2D eigenvalue weighted by Crippen LogP contribution is 2.46. The Morgan fingerprint density at radius 3 is 2.63 bits per heavy atom. The van der Waals surface area contributed by atoms with Crippen LogP contribution in [0.15, 0.2) is 30.5 Å². The van der Waals surface area contributed by atoms with E-state index in [-0.39, 0.29) is 36.2 Å². The number of halogens is 1. The van der Waals surface area contributed by atoms with Gasteiger partial charge in [-0.1, -0.05) is 12.1 Å². The van der Waals surface area contributed by atoms with Gasteiger partial charge < -0.3 is 14.2 Å². The molecule has 1 aliphatic carbocycles. The van der Waals surface area contributed by atoms with Gasteiger partial charge in [0.25, 0.3) is 0 Å². The van der Waals surface area contributed by atoms with Crippen molar-refractivity contribution >= 4 is 11.9 Å². The molecule has 1 spiro atoms. The highest BCUT2D eigenvalue weighted by molar-refractivity contribution is 5.89. The Morgan fingerprint density at radius 2 is 1.96 bits per heavy atom. The van der Waals surface area contributed by atoms with Crippen molar-refractivity contribution in [3.8, 4) is 17.3 Å². The lowest BCUT2D eigenvalue weighted by atomic mass is 9.83. The van der Waals surface area contributed by atoms with E-state index in [9.17, 15) is 14.9 Å². The third kappa shape index (κ3) is 5.82. The molecule has 46 heavy (non-hydrogen) atoms. The highest BCUT2D eigenvalue weighted by atomic mass is 19.1. The molecule has 0 unspecified atom stereocenters. The average Bonchev–Trinajstić information content (AvgIpc) is 3.71. The van der Waals surface area contributed by atoms with Crippen LogP contribution in [0.25, 0.3) is 11.3 Å². The lowest BCUT2D eigenvalue weighted by Crippen LogP contribution is -2.54. The van der Waals surface area contributed by atoms with E-state index in [4.69, 9.17) is 14.2 Å². The number of carbonyl (C=O) groups is 2. The van der Waals surface area contributed by atoms with E-state index in [0.29, 0.717) is 29.5 Å². The molecule has 3 saturated heterocycles. The molecule has 0 radical (unpaired) electrons. The largest absolute Gasteiger partial charge is 0.444 e. The molecule has 1 amide bonds. The summed E-state index contributed by atoms with van der Waals surface area (Å²) in [5.41, 5.74) is 2.97. The van der Waals surface area contributed by atoms with Crippen LogP contribution in [0.1, 0.15) is 76.0 Å². The maximum absolute atomic E-state index is 15.6. The second-order valence-electron chi connectivity index (χ2n) is 14.8. The third-order valence-corrected chi connectivity index (χ3v) is 10.7. The number of piperidine rings is 2. The van der Waals surface area contributed by atoms with E-state index in [1.54, 1.807) is 11.0 Å². The lowest BCUT2D eigenvalue weighted by molar-refractivity contribution is -0.126. The minimum absolute atomic E-state index is 0.0103. The molecule has 5 aliphatic rings. The van der Waals surface area contributed by atoms with Crippen molar-refractivity contribution in [1.82, 2.24) is 14.8 Å². The second-order valence-corrected chi connectivity index (χ2v) is 14.8.